The number of aryl methyl sites for hydroxylation is 1. The third kappa shape index (κ3) is 2.15. The molecule has 0 aromatic heterocycles. The van der Waals surface area contributed by atoms with E-state index in [4.69, 9.17) is 0 Å². The van der Waals surface area contributed by atoms with Gasteiger partial charge in [0.2, 0.25) is 0 Å². The third-order valence-electron chi connectivity index (χ3n) is 3.23. The number of carbonyl (C=O) groups excluding carboxylic acids is 1. The molecule has 1 aliphatic rings. The Balaban J connectivity index is 2.01. The summed E-state index contributed by atoms with van der Waals surface area (Å²) in [5.74, 6) is -0.138. The van der Waals surface area contributed by atoms with E-state index in [1.54, 1.807) is 0 Å². The highest BCUT2D eigenvalue weighted by molar-refractivity contribution is 6.54. The molecule has 2 aromatic carbocycles. The van der Waals surface area contributed by atoms with E-state index in [0.29, 0.717) is 5.71 Å². The summed E-state index contributed by atoms with van der Waals surface area (Å²) in [7, 11) is 0. The topological polar surface area (TPSA) is 41.5 Å². The number of anilines is 1. The third-order valence-corrected chi connectivity index (χ3v) is 3.23. The number of nitrogens with zero attached hydrogens (tertiary/aromatic N) is 1. The first-order valence-corrected chi connectivity index (χ1v) is 6.36. The lowest BCUT2D eigenvalue weighted by Crippen LogP contribution is -2.13. The first-order chi connectivity index (χ1) is 9.28. The lowest BCUT2D eigenvalue weighted by atomic mass is 10.1. The van der Waals surface area contributed by atoms with Crippen molar-refractivity contribution in [2.24, 2.45) is 4.99 Å². The second-order valence-electron chi connectivity index (χ2n) is 4.48. The van der Waals surface area contributed by atoms with Gasteiger partial charge in [-0.1, -0.05) is 37.3 Å². The van der Waals surface area contributed by atoms with Crippen LogP contribution in [-0.4, -0.2) is 11.6 Å². The second kappa shape index (κ2) is 4.69. The summed E-state index contributed by atoms with van der Waals surface area (Å²) in [4.78, 5) is 16.4. The van der Waals surface area contributed by atoms with Gasteiger partial charge in [-0.15, -0.1) is 0 Å². The van der Waals surface area contributed by atoms with Gasteiger partial charge in [0.15, 0.2) is 0 Å². The van der Waals surface area contributed by atoms with Crippen molar-refractivity contribution in [1.82, 2.24) is 0 Å². The Labute approximate surface area is 112 Å². The number of hydrogen-bond acceptors (Lipinski definition) is 2. The summed E-state index contributed by atoms with van der Waals surface area (Å²) >= 11 is 0. The van der Waals surface area contributed by atoms with Crippen LogP contribution in [0.3, 0.4) is 0 Å². The Morgan fingerprint density at radius 1 is 1.05 bits per heavy atom. The Hall–Kier alpha value is -2.42. The number of carbonyl (C=O) groups is 1. The number of amides is 1. The molecule has 94 valence electrons. The van der Waals surface area contributed by atoms with Crippen LogP contribution in [0, 0.1) is 0 Å². The monoisotopic (exact) mass is 250 g/mol. The van der Waals surface area contributed by atoms with E-state index in [0.717, 1.165) is 23.4 Å². The minimum Gasteiger partial charge on any atom is -0.320 e. The van der Waals surface area contributed by atoms with E-state index in [-0.39, 0.29) is 5.91 Å². The summed E-state index contributed by atoms with van der Waals surface area (Å²) in [5.41, 5.74) is 4.25. The molecule has 3 rings (SSSR count). The molecule has 0 saturated heterocycles. The first-order valence-electron chi connectivity index (χ1n) is 6.36. The van der Waals surface area contributed by atoms with E-state index >= 15 is 0 Å². The van der Waals surface area contributed by atoms with Gasteiger partial charge in [0.1, 0.15) is 5.71 Å². The molecule has 3 heteroatoms. The summed E-state index contributed by atoms with van der Waals surface area (Å²) in [6.07, 6.45) is 1.00. The zero-order valence-corrected chi connectivity index (χ0v) is 10.7. The average molecular weight is 250 g/mol. The van der Waals surface area contributed by atoms with Crippen LogP contribution in [-0.2, 0) is 11.2 Å². The largest absolute Gasteiger partial charge is 0.320 e. The van der Waals surface area contributed by atoms with Crippen LogP contribution >= 0.6 is 0 Å². The molecular weight excluding hydrogens is 236 g/mol. The fraction of sp³-hybridized carbons (Fsp3) is 0.125. The van der Waals surface area contributed by atoms with Gasteiger partial charge in [0, 0.05) is 5.56 Å². The van der Waals surface area contributed by atoms with Crippen LogP contribution in [0.15, 0.2) is 53.5 Å². The highest BCUT2D eigenvalue weighted by Gasteiger charge is 2.25. The molecule has 3 nitrogen and oxygen atoms in total. The maximum Gasteiger partial charge on any atom is 0.275 e. The minimum atomic E-state index is -0.138. The fourth-order valence-electron chi connectivity index (χ4n) is 2.15. The number of benzene rings is 2. The molecule has 1 N–H and O–H groups in total. The Morgan fingerprint density at radius 2 is 1.79 bits per heavy atom. The number of rotatable bonds is 2. The van der Waals surface area contributed by atoms with Gasteiger partial charge in [-0.2, -0.15) is 0 Å². The second-order valence-corrected chi connectivity index (χ2v) is 4.48. The minimum absolute atomic E-state index is 0.138. The standard InChI is InChI=1S/C16H14N2O/c1-2-11-7-9-12(10-8-11)17-15-13-5-3-4-6-14(13)18-16(15)19/h3-10H,2H2,1H3,(H,17,18,19). The van der Waals surface area contributed by atoms with Gasteiger partial charge < -0.3 is 5.32 Å². The molecule has 0 unspecified atom stereocenters. The molecule has 0 bridgehead atoms. The van der Waals surface area contributed by atoms with Crippen LogP contribution in [0.25, 0.3) is 0 Å². The molecule has 19 heavy (non-hydrogen) atoms. The van der Waals surface area contributed by atoms with Crippen molar-refractivity contribution < 1.29 is 4.79 Å². The van der Waals surface area contributed by atoms with Crippen molar-refractivity contribution >= 4 is 23.0 Å². The van der Waals surface area contributed by atoms with Gasteiger partial charge in [-0.3, -0.25) is 4.79 Å². The highest BCUT2D eigenvalue weighted by Crippen LogP contribution is 2.25. The lowest BCUT2D eigenvalue weighted by Gasteiger charge is -1.99. The van der Waals surface area contributed by atoms with Gasteiger partial charge in [0.05, 0.1) is 11.4 Å². The molecule has 0 atom stereocenters. The van der Waals surface area contributed by atoms with Gasteiger partial charge >= 0.3 is 0 Å². The molecule has 0 aliphatic carbocycles. The number of nitrogens with one attached hydrogen (secondary N) is 1. The van der Waals surface area contributed by atoms with Crippen molar-refractivity contribution in [2.75, 3.05) is 5.32 Å². The molecule has 0 saturated carbocycles. The number of hydrogen-bond donors (Lipinski definition) is 1. The van der Waals surface area contributed by atoms with E-state index in [1.165, 1.54) is 5.56 Å². The zero-order chi connectivity index (χ0) is 13.2. The van der Waals surface area contributed by atoms with E-state index in [2.05, 4.69) is 17.2 Å². The molecule has 0 fully saturated rings. The number of fused-ring (bicyclic) bond motifs is 1. The zero-order valence-electron chi connectivity index (χ0n) is 10.7. The summed E-state index contributed by atoms with van der Waals surface area (Å²) in [5, 5.41) is 2.82. The average Bonchev–Trinajstić information content (AvgIpc) is 2.76. The Kier molecular flexibility index (Phi) is 2.88. The predicted molar refractivity (Wildman–Crippen MR) is 77.1 cm³/mol. The Morgan fingerprint density at radius 3 is 2.53 bits per heavy atom. The first kappa shape index (κ1) is 11.7. The molecular formula is C16H14N2O. The van der Waals surface area contributed by atoms with E-state index in [1.807, 2.05) is 48.5 Å². The SMILES string of the molecule is CCc1ccc(N=C2C(=O)Nc3ccccc32)cc1. The van der Waals surface area contributed by atoms with Crippen LogP contribution in [0.4, 0.5) is 11.4 Å². The van der Waals surface area contributed by atoms with Crippen LogP contribution in [0.2, 0.25) is 0 Å². The molecule has 1 heterocycles. The number of para-hydroxylation sites is 1. The summed E-state index contributed by atoms with van der Waals surface area (Å²) in [6.45, 7) is 2.11. The van der Waals surface area contributed by atoms with E-state index < -0.39 is 0 Å². The quantitative estimate of drug-likeness (QED) is 0.872. The van der Waals surface area contributed by atoms with E-state index in [9.17, 15) is 4.79 Å². The van der Waals surface area contributed by atoms with Gasteiger partial charge in [0.25, 0.3) is 5.91 Å². The maximum absolute atomic E-state index is 11.9. The normalized spacial score (nSPS) is 15.4. The smallest absolute Gasteiger partial charge is 0.275 e. The maximum atomic E-state index is 11.9. The van der Waals surface area contributed by atoms with Crippen molar-refractivity contribution in [3.63, 3.8) is 0 Å². The summed E-state index contributed by atoms with van der Waals surface area (Å²) < 4.78 is 0. The van der Waals surface area contributed by atoms with Crippen LogP contribution < -0.4 is 5.32 Å². The predicted octanol–water partition coefficient (Wildman–Crippen LogP) is 3.32. The Bertz CT molecular complexity index is 657. The summed E-state index contributed by atoms with van der Waals surface area (Å²) in [6, 6.07) is 15.6. The van der Waals surface area contributed by atoms with Crippen molar-refractivity contribution in [2.45, 2.75) is 13.3 Å². The van der Waals surface area contributed by atoms with Gasteiger partial charge in [-0.25, -0.2) is 4.99 Å². The fourth-order valence-corrected chi connectivity index (χ4v) is 2.15. The molecule has 1 amide bonds. The number of aliphatic imine (C=N–C) groups is 1. The molecule has 2 aromatic rings. The lowest BCUT2D eigenvalue weighted by molar-refractivity contribution is -0.110. The van der Waals surface area contributed by atoms with Crippen molar-refractivity contribution in [1.29, 1.82) is 0 Å². The van der Waals surface area contributed by atoms with Crippen molar-refractivity contribution in [3.8, 4) is 0 Å². The molecule has 1 aliphatic heterocycles. The molecule has 0 spiro atoms. The molecule has 0 radical (unpaired) electrons. The van der Waals surface area contributed by atoms with Crippen LogP contribution in [0.5, 0.6) is 0 Å². The van der Waals surface area contributed by atoms with Crippen molar-refractivity contribution in [3.05, 3.63) is 59.7 Å². The van der Waals surface area contributed by atoms with Gasteiger partial charge in [-0.05, 0) is 30.2 Å². The highest BCUT2D eigenvalue weighted by atomic mass is 16.2. The van der Waals surface area contributed by atoms with Crippen LogP contribution in [0.1, 0.15) is 18.1 Å².